The molecule has 108 valence electrons. The summed E-state index contributed by atoms with van der Waals surface area (Å²) in [6.07, 6.45) is 1.52. The van der Waals surface area contributed by atoms with Gasteiger partial charge < -0.3 is 5.11 Å². The van der Waals surface area contributed by atoms with Gasteiger partial charge in [0.2, 0.25) is 0 Å². The summed E-state index contributed by atoms with van der Waals surface area (Å²) in [4.78, 5) is 10.7. The number of halogens is 3. The second-order valence-corrected chi connectivity index (χ2v) is 5.29. The van der Waals surface area contributed by atoms with Crippen LogP contribution in [-0.2, 0) is 0 Å². The van der Waals surface area contributed by atoms with E-state index in [-0.39, 0.29) is 5.56 Å². The highest BCUT2D eigenvalue weighted by Gasteiger charge is 2.06. The number of nitrogens with one attached hydrogen (secondary N) is 1. The topological polar surface area (TPSA) is 61.7 Å². The van der Waals surface area contributed by atoms with Crippen LogP contribution in [0.4, 0.5) is 5.69 Å². The predicted octanol–water partition coefficient (Wildman–Crippen LogP) is 4.79. The van der Waals surface area contributed by atoms with E-state index in [9.17, 15) is 4.79 Å². The van der Waals surface area contributed by atoms with Gasteiger partial charge in [-0.25, -0.2) is 4.79 Å². The molecule has 0 fully saturated rings. The lowest BCUT2D eigenvalue weighted by Gasteiger charge is -2.06. The zero-order valence-corrected chi connectivity index (χ0v) is 12.7. The number of hydrogen-bond acceptors (Lipinski definition) is 3. The summed E-state index contributed by atoms with van der Waals surface area (Å²) in [6.45, 7) is 0. The highest BCUT2D eigenvalue weighted by Crippen LogP contribution is 2.33. The molecule has 0 aliphatic carbocycles. The second-order valence-electron chi connectivity index (χ2n) is 4.04. The number of rotatable bonds is 4. The number of hydrazone groups is 1. The van der Waals surface area contributed by atoms with Gasteiger partial charge in [0.15, 0.2) is 0 Å². The van der Waals surface area contributed by atoms with Crippen molar-refractivity contribution >= 4 is 52.7 Å². The number of aromatic carboxylic acids is 1. The minimum Gasteiger partial charge on any atom is -0.478 e. The van der Waals surface area contributed by atoms with Crippen LogP contribution in [0.1, 0.15) is 15.9 Å². The molecule has 21 heavy (non-hydrogen) atoms. The number of hydrogen-bond donors (Lipinski definition) is 2. The smallest absolute Gasteiger partial charge is 0.335 e. The molecule has 2 aromatic rings. The Labute approximate surface area is 135 Å². The highest BCUT2D eigenvalue weighted by atomic mass is 35.5. The molecule has 4 nitrogen and oxygen atoms in total. The van der Waals surface area contributed by atoms with Gasteiger partial charge in [0, 0.05) is 5.02 Å². The van der Waals surface area contributed by atoms with E-state index in [0.717, 1.165) is 5.56 Å². The maximum atomic E-state index is 10.7. The average molecular weight is 344 g/mol. The lowest BCUT2D eigenvalue weighted by atomic mass is 10.1. The SMILES string of the molecule is O=C(O)c1ccc(/C=N\Nc2c(Cl)cc(Cl)cc2Cl)cc1. The van der Waals surface area contributed by atoms with E-state index in [1.165, 1.54) is 18.3 Å². The third-order valence-corrected chi connectivity index (χ3v) is 3.37. The Morgan fingerprint density at radius 3 is 2.19 bits per heavy atom. The molecule has 0 aromatic heterocycles. The lowest BCUT2D eigenvalue weighted by Crippen LogP contribution is -1.96. The maximum absolute atomic E-state index is 10.7. The Morgan fingerprint density at radius 1 is 1.10 bits per heavy atom. The Balaban J connectivity index is 2.11. The summed E-state index contributed by atoms with van der Waals surface area (Å²) in [5.74, 6) is -0.976. The van der Waals surface area contributed by atoms with Gasteiger partial charge >= 0.3 is 5.97 Å². The van der Waals surface area contributed by atoms with E-state index in [4.69, 9.17) is 39.9 Å². The van der Waals surface area contributed by atoms with Gasteiger partial charge in [0.25, 0.3) is 0 Å². The molecule has 0 radical (unpaired) electrons. The Morgan fingerprint density at radius 2 is 1.67 bits per heavy atom. The summed E-state index contributed by atoms with van der Waals surface area (Å²) in [5, 5.41) is 13.9. The summed E-state index contributed by atoms with van der Waals surface area (Å²) < 4.78 is 0. The number of carboxylic acids is 1. The molecule has 0 saturated heterocycles. The molecule has 2 N–H and O–H groups in total. The van der Waals surface area contributed by atoms with Crippen molar-refractivity contribution in [2.75, 3.05) is 5.43 Å². The molecule has 2 aromatic carbocycles. The molecule has 0 saturated carbocycles. The summed E-state index contributed by atoms with van der Waals surface area (Å²) in [5.41, 5.74) is 4.11. The van der Waals surface area contributed by atoms with Crippen LogP contribution in [-0.4, -0.2) is 17.3 Å². The van der Waals surface area contributed by atoms with E-state index in [2.05, 4.69) is 10.5 Å². The first-order valence-corrected chi connectivity index (χ1v) is 6.88. The summed E-state index contributed by atoms with van der Waals surface area (Å²) >= 11 is 17.8. The van der Waals surface area contributed by atoms with Crippen molar-refractivity contribution in [2.45, 2.75) is 0 Å². The Bertz CT molecular complexity index is 677. The molecular weight excluding hydrogens is 335 g/mol. The van der Waals surface area contributed by atoms with Crippen LogP contribution in [0.25, 0.3) is 0 Å². The number of nitrogens with zero attached hydrogens (tertiary/aromatic N) is 1. The first-order chi connectivity index (χ1) is 9.97. The van der Waals surface area contributed by atoms with E-state index in [1.54, 1.807) is 24.3 Å². The first kappa shape index (κ1) is 15.6. The molecule has 0 bridgehead atoms. The van der Waals surface area contributed by atoms with Crippen LogP contribution in [0.2, 0.25) is 15.1 Å². The van der Waals surface area contributed by atoms with Gasteiger partial charge in [0.1, 0.15) is 0 Å². The first-order valence-electron chi connectivity index (χ1n) is 5.74. The van der Waals surface area contributed by atoms with Gasteiger partial charge in [-0.15, -0.1) is 0 Å². The number of carbonyl (C=O) groups is 1. The van der Waals surface area contributed by atoms with Crippen molar-refractivity contribution < 1.29 is 9.90 Å². The molecule has 0 unspecified atom stereocenters. The van der Waals surface area contributed by atoms with Crippen molar-refractivity contribution in [2.24, 2.45) is 5.10 Å². The number of benzene rings is 2. The van der Waals surface area contributed by atoms with Gasteiger partial charge in [-0.1, -0.05) is 46.9 Å². The minimum atomic E-state index is -0.976. The third-order valence-electron chi connectivity index (χ3n) is 2.55. The fourth-order valence-corrected chi connectivity index (χ4v) is 2.43. The van der Waals surface area contributed by atoms with Crippen LogP contribution in [0.3, 0.4) is 0 Å². The standard InChI is InChI=1S/C14H9Cl3N2O2/c15-10-5-11(16)13(12(17)6-10)19-18-7-8-1-3-9(4-2-8)14(20)21/h1-7,19H,(H,20,21)/b18-7-. The molecule has 0 spiro atoms. The Hall–Kier alpha value is -1.75. The molecule has 7 heteroatoms. The van der Waals surface area contributed by atoms with E-state index in [0.29, 0.717) is 20.8 Å². The van der Waals surface area contributed by atoms with Crippen LogP contribution >= 0.6 is 34.8 Å². The quantitative estimate of drug-likeness (QED) is 0.619. The summed E-state index contributed by atoms with van der Waals surface area (Å²) in [6, 6.07) is 9.36. The van der Waals surface area contributed by atoms with E-state index >= 15 is 0 Å². The molecular formula is C14H9Cl3N2O2. The van der Waals surface area contributed by atoms with E-state index < -0.39 is 5.97 Å². The highest BCUT2D eigenvalue weighted by molar-refractivity contribution is 6.41. The van der Waals surface area contributed by atoms with Gasteiger partial charge in [0.05, 0.1) is 27.5 Å². The molecule has 2 rings (SSSR count). The van der Waals surface area contributed by atoms with Crippen LogP contribution in [0.15, 0.2) is 41.5 Å². The van der Waals surface area contributed by atoms with Crippen LogP contribution < -0.4 is 5.43 Å². The largest absolute Gasteiger partial charge is 0.478 e. The lowest BCUT2D eigenvalue weighted by molar-refractivity contribution is 0.0697. The van der Waals surface area contributed by atoms with Crippen molar-refractivity contribution in [1.29, 1.82) is 0 Å². The average Bonchev–Trinajstić information content (AvgIpc) is 2.42. The third kappa shape index (κ3) is 4.11. The predicted molar refractivity (Wildman–Crippen MR) is 86.1 cm³/mol. The van der Waals surface area contributed by atoms with Crippen molar-refractivity contribution in [1.82, 2.24) is 0 Å². The minimum absolute atomic E-state index is 0.212. The monoisotopic (exact) mass is 342 g/mol. The molecule has 0 amide bonds. The van der Waals surface area contributed by atoms with Crippen molar-refractivity contribution in [3.63, 3.8) is 0 Å². The molecule has 0 heterocycles. The van der Waals surface area contributed by atoms with Crippen LogP contribution in [0.5, 0.6) is 0 Å². The fraction of sp³-hybridized carbons (Fsp3) is 0. The molecule has 0 aliphatic heterocycles. The zero-order valence-electron chi connectivity index (χ0n) is 10.5. The van der Waals surface area contributed by atoms with Crippen molar-refractivity contribution in [3.8, 4) is 0 Å². The fourth-order valence-electron chi connectivity index (χ4n) is 1.53. The van der Waals surface area contributed by atoms with Crippen molar-refractivity contribution in [3.05, 3.63) is 62.6 Å². The number of anilines is 1. The van der Waals surface area contributed by atoms with Gasteiger partial charge in [-0.05, 0) is 29.8 Å². The second kappa shape index (κ2) is 6.80. The normalized spacial score (nSPS) is 10.8. The summed E-state index contributed by atoms with van der Waals surface area (Å²) in [7, 11) is 0. The Kier molecular flexibility index (Phi) is 5.07. The number of carboxylic acid groups (broad SMARTS) is 1. The van der Waals surface area contributed by atoms with Crippen LogP contribution in [0, 0.1) is 0 Å². The van der Waals surface area contributed by atoms with Gasteiger partial charge in [-0.2, -0.15) is 5.10 Å². The zero-order chi connectivity index (χ0) is 15.4. The maximum Gasteiger partial charge on any atom is 0.335 e. The van der Waals surface area contributed by atoms with Gasteiger partial charge in [-0.3, -0.25) is 5.43 Å². The molecule has 0 atom stereocenters. The molecule has 0 aliphatic rings. The van der Waals surface area contributed by atoms with E-state index in [1.807, 2.05) is 0 Å².